The van der Waals surface area contributed by atoms with Gasteiger partial charge in [0.2, 0.25) is 5.91 Å². The third-order valence-electron chi connectivity index (χ3n) is 4.84. The molecule has 2 aromatic carbocycles. The first-order valence-electron chi connectivity index (χ1n) is 10.3. The molecule has 2 aromatic rings. The summed E-state index contributed by atoms with van der Waals surface area (Å²) in [6.07, 6.45) is 0.505. The summed E-state index contributed by atoms with van der Waals surface area (Å²) in [5.41, 5.74) is 2.07. The highest BCUT2D eigenvalue weighted by atomic mass is 16.5. The van der Waals surface area contributed by atoms with Gasteiger partial charge in [0.15, 0.2) is 18.1 Å². The van der Waals surface area contributed by atoms with Crippen LogP contribution < -0.4 is 14.8 Å². The average Bonchev–Trinajstić information content (AvgIpc) is 2.72. The van der Waals surface area contributed by atoms with Crippen LogP contribution >= 0.6 is 0 Å². The van der Waals surface area contributed by atoms with Gasteiger partial charge in [-0.2, -0.15) is 0 Å². The predicted molar refractivity (Wildman–Crippen MR) is 118 cm³/mol. The monoisotopic (exact) mass is 412 g/mol. The minimum Gasteiger partial charge on any atom is -0.493 e. The van der Waals surface area contributed by atoms with E-state index in [2.05, 4.69) is 5.32 Å². The van der Waals surface area contributed by atoms with Crippen molar-refractivity contribution in [3.8, 4) is 11.5 Å². The number of carbonyl (C=O) groups is 2. The normalized spacial score (nSPS) is 11.7. The Kier molecular flexibility index (Phi) is 8.71. The number of nitrogens with one attached hydrogen (secondary N) is 1. The number of benzene rings is 2. The van der Waals surface area contributed by atoms with E-state index in [0.717, 1.165) is 11.1 Å². The molecule has 0 unspecified atom stereocenters. The van der Waals surface area contributed by atoms with Gasteiger partial charge in [-0.05, 0) is 50.5 Å². The highest BCUT2D eigenvalue weighted by Gasteiger charge is 2.29. The van der Waals surface area contributed by atoms with Crippen LogP contribution in [0.5, 0.6) is 11.5 Å². The second-order valence-corrected chi connectivity index (χ2v) is 7.47. The lowest BCUT2D eigenvalue weighted by Gasteiger charge is -2.31. The van der Waals surface area contributed by atoms with Crippen molar-refractivity contribution in [1.82, 2.24) is 10.2 Å². The molecule has 0 bridgehead atoms. The number of carbonyl (C=O) groups excluding carboxylic acids is 2. The number of rotatable bonds is 10. The Morgan fingerprint density at radius 2 is 1.67 bits per heavy atom. The Hall–Kier alpha value is -3.02. The maximum absolute atomic E-state index is 13.2. The molecule has 6 nitrogen and oxygen atoms in total. The molecule has 0 aliphatic rings. The SMILES string of the molecule is CC[C@H](C(=O)NC(C)C)N(Cc1ccccc1C)C(=O)COc1ccccc1OC. The minimum absolute atomic E-state index is 0.00760. The fourth-order valence-corrected chi connectivity index (χ4v) is 3.23. The van der Waals surface area contributed by atoms with Gasteiger partial charge in [-0.1, -0.05) is 43.3 Å². The second-order valence-electron chi connectivity index (χ2n) is 7.47. The number of nitrogens with zero attached hydrogens (tertiary/aromatic N) is 1. The maximum Gasteiger partial charge on any atom is 0.261 e. The Balaban J connectivity index is 2.25. The number of methoxy groups -OCH3 is 1. The van der Waals surface area contributed by atoms with Gasteiger partial charge in [0.1, 0.15) is 6.04 Å². The second kappa shape index (κ2) is 11.2. The summed E-state index contributed by atoms with van der Waals surface area (Å²) in [4.78, 5) is 27.6. The van der Waals surface area contributed by atoms with Gasteiger partial charge < -0.3 is 19.7 Å². The lowest BCUT2D eigenvalue weighted by atomic mass is 10.1. The number of amides is 2. The van der Waals surface area contributed by atoms with Gasteiger partial charge in [-0.3, -0.25) is 9.59 Å². The topological polar surface area (TPSA) is 67.9 Å². The van der Waals surface area contributed by atoms with Crippen molar-refractivity contribution in [2.75, 3.05) is 13.7 Å². The van der Waals surface area contributed by atoms with E-state index >= 15 is 0 Å². The van der Waals surface area contributed by atoms with Crippen LogP contribution in [0.1, 0.15) is 38.3 Å². The lowest BCUT2D eigenvalue weighted by Crippen LogP contribution is -2.51. The molecule has 1 N–H and O–H groups in total. The number of hydrogen-bond acceptors (Lipinski definition) is 4. The van der Waals surface area contributed by atoms with Crippen LogP contribution in [0.3, 0.4) is 0 Å². The molecule has 0 spiro atoms. The Morgan fingerprint density at radius 3 is 2.27 bits per heavy atom. The van der Waals surface area contributed by atoms with Gasteiger partial charge >= 0.3 is 0 Å². The van der Waals surface area contributed by atoms with Crippen molar-refractivity contribution < 1.29 is 19.1 Å². The molecule has 0 heterocycles. The van der Waals surface area contributed by atoms with Crippen molar-refractivity contribution in [2.45, 2.75) is 52.7 Å². The molecule has 0 aliphatic heterocycles. The number of aryl methyl sites for hydroxylation is 1. The van der Waals surface area contributed by atoms with Gasteiger partial charge in [-0.15, -0.1) is 0 Å². The first kappa shape index (κ1) is 23.3. The first-order valence-corrected chi connectivity index (χ1v) is 10.3. The first-order chi connectivity index (χ1) is 14.4. The third kappa shape index (κ3) is 6.24. The molecule has 0 aromatic heterocycles. The average molecular weight is 413 g/mol. The van der Waals surface area contributed by atoms with E-state index in [4.69, 9.17) is 9.47 Å². The summed E-state index contributed by atoms with van der Waals surface area (Å²) in [6.45, 7) is 7.87. The van der Waals surface area contributed by atoms with Crippen LogP contribution in [-0.2, 0) is 16.1 Å². The molecule has 1 atom stereocenters. The molecule has 162 valence electrons. The quantitative estimate of drug-likeness (QED) is 0.646. The van der Waals surface area contributed by atoms with Crippen LogP contribution in [-0.4, -0.2) is 42.5 Å². The van der Waals surface area contributed by atoms with Crippen molar-refractivity contribution in [3.63, 3.8) is 0 Å². The van der Waals surface area contributed by atoms with Gasteiger partial charge in [0.05, 0.1) is 7.11 Å². The fraction of sp³-hybridized carbons (Fsp3) is 0.417. The van der Waals surface area contributed by atoms with Gasteiger partial charge in [-0.25, -0.2) is 0 Å². The molecule has 0 saturated carbocycles. The van der Waals surface area contributed by atoms with Gasteiger partial charge in [0, 0.05) is 12.6 Å². The standard InChI is InChI=1S/C24H32N2O4/c1-6-20(24(28)25-17(2)3)26(15-19-12-8-7-11-18(19)4)23(27)16-30-22-14-10-9-13-21(22)29-5/h7-14,17,20H,6,15-16H2,1-5H3,(H,25,28)/t20-/m1/s1. The zero-order valence-electron chi connectivity index (χ0n) is 18.5. The van der Waals surface area contributed by atoms with Gasteiger partial charge in [0.25, 0.3) is 5.91 Å². The highest BCUT2D eigenvalue weighted by Crippen LogP contribution is 2.26. The van der Waals surface area contributed by atoms with E-state index in [0.29, 0.717) is 24.5 Å². The smallest absolute Gasteiger partial charge is 0.261 e. The molecule has 2 amide bonds. The highest BCUT2D eigenvalue weighted by molar-refractivity contribution is 5.88. The van der Waals surface area contributed by atoms with Crippen molar-refractivity contribution >= 4 is 11.8 Å². The fourth-order valence-electron chi connectivity index (χ4n) is 3.23. The minimum atomic E-state index is -0.583. The summed E-state index contributed by atoms with van der Waals surface area (Å²) in [7, 11) is 1.55. The van der Waals surface area contributed by atoms with Crippen LogP contribution in [0.4, 0.5) is 0 Å². The van der Waals surface area contributed by atoms with Crippen molar-refractivity contribution in [1.29, 1.82) is 0 Å². The largest absolute Gasteiger partial charge is 0.493 e. The summed E-state index contributed by atoms with van der Waals surface area (Å²) in [5.74, 6) is 0.630. The molecule has 6 heteroatoms. The van der Waals surface area contributed by atoms with Crippen LogP contribution in [0.2, 0.25) is 0 Å². The molecular weight excluding hydrogens is 380 g/mol. The van der Waals surface area contributed by atoms with Crippen molar-refractivity contribution in [2.24, 2.45) is 0 Å². The summed E-state index contributed by atoms with van der Waals surface area (Å²) >= 11 is 0. The van der Waals surface area contributed by atoms with E-state index in [1.165, 1.54) is 0 Å². The molecule has 2 rings (SSSR count). The van der Waals surface area contributed by atoms with Crippen molar-refractivity contribution in [3.05, 3.63) is 59.7 Å². The molecule has 0 aliphatic carbocycles. The number of hydrogen-bond donors (Lipinski definition) is 1. The predicted octanol–water partition coefficient (Wildman–Crippen LogP) is 3.71. The Morgan fingerprint density at radius 1 is 1.03 bits per heavy atom. The summed E-state index contributed by atoms with van der Waals surface area (Å²) in [6, 6.07) is 14.5. The molecule has 30 heavy (non-hydrogen) atoms. The van der Waals surface area contributed by atoms with E-state index in [1.54, 1.807) is 24.1 Å². The van der Waals surface area contributed by atoms with E-state index in [1.807, 2.05) is 64.1 Å². The number of para-hydroxylation sites is 2. The maximum atomic E-state index is 13.2. The third-order valence-corrected chi connectivity index (χ3v) is 4.84. The van der Waals surface area contributed by atoms with E-state index in [9.17, 15) is 9.59 Å². The molecular formula is C24H32N2O4. The van der Waals surface area contributed by atoms with Crippen LogP contribution in [0.15, 0.2) is 48.5 Å². The zero-order valence-corrected chi connectivity index (χ0v) is 18.5. The van der Waals surface area contributed by atoms with E-state index in [-0.39, 0.29) is 24.5 Å². The zero-order chi connectivity index (χ0) is 22.1. The summed E-state index contributed by atoms with van der Waals surface area (Å²) in [5, 5.41) is 2.93. The summed E-state index contributed by atoms with van der Waals surface area (Å²) < 4.78 is 11.0. The van der Waals surface area contributed by atoms with Crippen LogP contribution in [0.25, 0.3) is 0 Å². The Labute approximate surface area is 179 Å². The van der Waals surface area contributed by atoms with E-state index < -0.39 is 6.04 Å². The lowest BCUT2D eigenvalue weighted by molar-refractivity contribution is -0.143. The number of ether oxygens (including phenoxy) is 2. The molecule has 0 saturated heterocycles. The molecule has 0 radical (unpaired) electrons. The Bertz CT molecular complexity index is 851. The van der Waals surface area contributed by atoms with Crippen LogP contribution in [0, 0.1) is 6.92 Å². The molecule has 0 fully saturated rings.